The number of allylic oxidation sites excluding steroid dienone is 1. The number of rotatable bonds is 2. The van der Waals surface area contributed by atoms with Crippen LogP contribution >= 0.6 is 0 Å². The van der Waals surface area contributed by atoms with Crippen molar-refractivity contribution in [3.05, 3.63) is 87.5 Å². The second-order valence-corrected chi connectivity index (χ2v) is 15.2. The Morgan fingerprint density at radius 1 is 0.684 bits per heavy atom. The fraction of sp³-hybridized carbons (Fsp3) is 0.459. The summed E-state index contributed by atoms with van der Waals surface area (Å²) in [4.78, 5) is 0. The topological polar surface area (TPSA) is 20.2 Å². The standard InChI is InChI=1S/C37H46O/c1-34(2,3)26-21-29(33(38)32(22-26)35(4,5)6)28-14-12-11-13-27(28)25-17-23-19-30-31(20-24(23)18-25)37(9,10)16-15-36(30,7)8/h11-14,17,19-22,38H,15-16,18H2,1-10H3. The summed E-state index contributed by atoms with van der Waals surface area (Å²) in [5, 5.41) is 11.6. The quantitative estimate of drug-likeness (QED) is 0.366. The first kappa shape index (κ1) is 26.8. The maximum Gasteiger partial charge on any atom is 0.127 e. The molecule has 0 aliphatic heterocycles. The SMILES string of the molecule is CC(C)(C)c1cc(-c2ccccc2C2=Cc3cc4c(cc3C2)C(C)(C)CCC4(C)C)c(O)c(C(C)(C)C)c1. The molecule has 0 aromatic heterocycles. The minimum absolute atomic E-state index is 0.0149. The van der Waals surface area contributed by atoms with Crippen molar-refractivity contribution < 1.29 is 5.11 Å². The molecule has 1 heteroatoms. The van der Waals surface area contributed by atoms with E-state index in [1.165, 1.54) is 51.8 Å². The Hall–Kier alpha value is -2.80. The summed E-state index contributed by atoms with van der Waals surface area (Å²) in [6, 6.07) is 18.1. The Labute approximate surface area is 231 Å². The van der Waals surface area contributed by atoms with E-state index in [1.807, 2.05) is 0 Å². The van der Waals surface area contributed by atoms with Crippen LogP contribution in [0.15, 0.2) is 48.5 Å². The number of hydrogen-bond donors (Lipinski definition) is 1. The molecule has 2 aliphatic rings. The van der Waals surface area contributed by atoms with Crippen LogP contribution in [0.2, 0.25) is 0 Å². The third-order valence-corrected chi connectivity index (χ3v) is 9.17. The predicted molar refractivity (Wildman–Crippen MR) is 164 cm³/mol. The van der Waals surface area contributed by atoms with Crippen LogP contribution < -0.4 is 0 Å². The summed E-state index contributed by atoms with van der Waals surface area (Å²) >= 11 is 0. The van der Waals surface area contributed by atoms with E-state index in [1.54, 1.807) is 0 Å². The molecule has 0 heterocycles. The molecule has 0 radical (unpaired) electrons. The molecule has 3 aromatic carbocycles. The van der Waals surface area contributed by atoms with Gasteiger partial charge >= 0.3 is 0 Å². The van der Waals surface area contributed by atoms with E-state index >= 15 is 0 Å². The molecule has 0 unspecified atom stereocenters. The van der Waals surface area contributed by atoms with E-state index in [2.05, 4.69) is 124 Å². The van der Waals surface area contributed by atoms with Crippen molar-refractivity contribution in [3.8, 4) is 16.9 Å². The molecule has 3 aromatic rings. The lowest BCUT2D eigenvalue weighted by Gasteiger charge is -2.42. The van der Waals surface area contributed by atoms with E-state index < -0.39 is 0 Å². The van der Waals surface area contributed by atoms with E-state index in [9.17, 15) is 5.11 Å². The molecule has 0 bridgehead atoms. The summed E-state index contributed by atoms with van der Waals surface area (Å²) < 4.78 is 0. The van der Waals surface area contributed by atoms with E-state index in [4.69, 9.17) is 0 Å². The molecule has 0 spiro atoms. The summed E-state index contributed by atoms with van der Waals surface area (Å²) in [5.74, 6) is 0.410. The molecule has 1 nitrogen and oxygen atoms in total. The fourth-order valence-electron chi connectivity index (χ4n) is 6.42. The van der Waals surface area contributed by atoms with Crippen molar-refractivity contribution in [2.45, 2.75) is 110 Å². The molecule has 0 amide bonds. The van der Waals surface area contributed by atoms with Gasteiger partial charge in [-0.2, -0.15) is 0 Å². The minimum atomic E-state index is -0.156. The first-order valence-electron chi connectivity index (χ1n) is 14.4. The second kappa shape index (κ2) is 8.60. The molecule has 38 heavy (non-hydrogen) atoms. The number of phenolic OH excluding ortho intramolecular Hbond substituents is 1. The average molecular weight is 507 g/mol. The van der Waals surface area contributed by atoms with Crippen LogP contribution in [-0.2, 0) is 28.1 Å². The number of phenols is 1. The van der Waals surface area contributed by atoms with Gasteiger partial charge in [-0.25, -0.2) is 0 Å². The predicted octanol–water partition coefficient (Wildman–Crippen LogP) is 10.1. The monoisotopic (exact) mass is 506 g/mol. The third-order valence-electron chi connectivity index (χ3n) is 9.17. The van der Waals surface area contributed by atoms with Gasteiger partial charge in [0, 0.05) is 11.1 Å². The zero-order chi connectivity index (χ0) is 27.8. The van der Waals surface area contributed by atoms with E-state index in [-0.39, 0.29) is 21.7 Å². The van der Waals surface area contributed by atoms with Crippen LogP contribution in [0.4, 0.5) is 0 Å². The Kier molecular flexibility index (Phi) is 6.06. The van der Waals surface area contributed by atoms with Crippen molar-refractivity contribution in [3.63, 3.8) is 0 Å². The maximum atomic E-state index is 11.6. The van der Waals surface area contributed by atoms with Crippen LogP contribution in [-0.4, -0.2) is 5.11 Å². The Balaban J connectivity index is 1.66. The van der Waals surface area contributed by atoms with Gasteiger partial charge in [-0.15, -0.1) is 0 Å². The Bertz CT molecular complexity index is 1450. The van der Waals surface area contributed by atoms with Crippen molar-refractivity contribution >= 4 is 11.6 Å². The summed E-state index contributed by atoms with van der Waals surface area (Å²) in [5.41, 5.74) is 13.0. The van der Waals surface area contributed by atoms with E-state index in [0.717, 1.165) is 23.1 Å². The number of aromatic hydroxyl groups is 1. The lowest BCUT2D eigenvalue weighted by Crippen LogP contribution is -2.34. The highest BCUT2D eigenvalue weighted by Crippen LogP contribution is 2.49. The third kappa shape index (κ3) is 4.53. The highest BCUT2D eigenvalue weighted by Gasteiger charge is 2.38. The molecule has 0 fully saturated rings. The van der Waals surface area contributed by atoms with Crippen LogP contribution in [0.1, 0.15) is 121 Å². The van der Waals surface area contributed by atoms with Gasteiger partial charge in [0.25, 0.3) is 0 Å². The van der Waals surface area contributed by atoms with Crippen LogP contribution in [0.25, 0.3) is 22.8 Å². The van der Waals surface area contributed by atoms with Gasteiger partial charge < -0.3 is 5.11 Å². The maximum absolute atomic E-state index is 11.6. The Morgan fingerprint density at radius 3 is 1.84 bits per heavy atom. The molecule has 0 saturated heterocycles. The zero-order valence-corrected chi connectivity index (χ0v) is 25.3. The molecular formula is C37H46O. The molecule has 0 atom stereocenters. The van der Waals surface area contributed by atoms with Crippen molar-refractivity contribution in [2.24, 2.45) is 0 Å². The highest BCUT2D eigenvalue weighted by molar-refractivity contribution is 5.95. The molecular weight excluding hydrogens is 460 g/mol. The molecule has 2 aliphatic carbocycles. The molecule has 0 saturated carbocycles. The number of fused-ring (bicyclic) bond motifs is 2. The summed E-state index contributed by atoms with van der Waals surface area (Å²) in [6.45, 7) is 22.9. The molecule has 5 rings (SSSR count). The lowest BCUT2D eigenvalue weighted by molar-refractivity contribution is 0.331. The van der Waals surface area contributed by atoms with Gasteiger partial charge in [0.1, 0.15) is 5.75 Å². The van der Waals surface area contributed by atoms with Crippen LogP contribution in [0, 0.1) is 0 Å². The molecule has 1 N–H and O–H groups in total. The Morgan fingerprint density at radius 2 is 1.26 bits per heavy atom. The van der Waals surface area contributed by atoms with Gasteiger partial charge in [-0.3, -0.25) is 0 Å². The first-order chi connectivity index (χ1) is 17.5. The fourth-order valence-corrected chi connectivity index (χ4v) is 6.42. The number of benzene rings is 3. The first-order valence-corrected chi connectivity index (χ1v) is 14.4. The van der Waals surface area contributed by atoms with Gasteiger partial charge in [-0.1, -0.05) is 118 Å². The summed E-state index contributed by atoms with van der Waals surface area (Å²) in [6.07, 6.45) is 5.79. The minimum Gasteiger partial charge on any atom is -0.507 e. The van der Waals surface area contributed by atoms with Gasteiger partial charge in [-0.05, 0) is 91.5 Å². The van der Waals surface area contributed by atoms with Crippen LogP contribution in [0.5, 0.6) is 5.75 Å². The van der Waals surface area contributed by atoms with Crippen molar-refractivity contribution in [1.29, 1.82) is 0 Å². The smallest absolute Gasteiger partial charge is 0.127 e. The normalized spacial score (nSPS) is 18.1. The second-order valence-electron chi connectivity index (χ2n) is 15.2. The van der Waals surface area contributed by atoms with Crippen LogP contribution in [0.3, 0.4) is 0 Å². The van der Waals surface area contributed by atoms with E-state index in [0.29, 0.717) is 5.75 Å². The zero-order valence-electron chi connectivity index (χ0n) is 25.3. The number of hydrogen-bond acceptors (Lipinski definition) is 1. The van der Waals surface area contributed by atoms with Gasteiger partial charge in [0.2, 0.25) is 0 Å². The van der Waals surface area contributed by atoms with Crippen molar-refractivity contribution in [1.82, 2.24) is 0 Å². The van der Waals surface area contributed by atoms with Gasteiger partial charge in [0.05, 0.1) is 0 Å². The molecule has 200 valence electrons. The highest BCUT2D eigenvalue weighted by atomic mass is 16.3. The summed E-state index contributed by atoms with van der Waals surface area (Å²) in [7, 11) is 0. The van der Waals surface area contributed by atoms with Crippen molar-refractivity contribution in [2.75, 3.05) is 0 Å². The lowest BCUT2D eigenvalue weighted by atomic mass is 9.62. The van der Waals surface area contributed by atoms with Gasteiger partial charge in [0.15, 0.2) is 0 Å². The largest absolute Gasteiger partial charge is 0.507 e. The average Bonchev–Trinajstić information content (AvgIpc) is 3.23.